The van der Waals surface area contributed by atoms with Crippen LogP contribution in [0, 0.1) is 0 Å². The van der Waals surface area contributed by atoms with E-state index in [1.807, 2.05) is 0 Å². The van der Waals surface area contributed by atoms with Gasteiger partial charge in [0.05, 0.1) is 11.0 Å². The van der Waals surface area contributed by atoms with Crippen LogP contribution in [0.4, 0.5) is 17.1 Å². The lowest BCUT2D eigenvalue weighted by Crippen LogP contribution is -2.19. The zero-order valence-corrected chi connectivity index (χ0v) is 31.9. The molecule has 0 spiro atoms. The van der Waals surface area contributed by atoms with Gasteiger partial charge in [0.15, 0.2) is 0 Å². The van der Waals surface area contributed by atoms with E-state index in [0.717, 1.165) is 0 Å². The Hall–Kier alpha value is -6.12. The molecule has 0 radical (unpaired) electrons. The Morgan fingerprint density at radius 3 is 1.57 bits per heavy atom. The molecule has 8 aromatic carbocycles. The van der Waals surface area contributed by atoms with Crippen LogP contribution < -0.4 is 4.90 Å². The lowest BCUT2D eigenvalue weighted by molar-refractivity contribution is 0.589. The number of nitrogens with zero attached hydrogens (tertiary/aromatic N) is 2. The molecule has 54 heavy (non-hydrogen) atoms. The average Bonchev–Trinajstić information content (AvgIpc) is 3.50. The average molecular weight is 697 g/mol. The number of benzene rings is 8. The van der Waals surface area contributed by atoms with Crippen molar-refractivity contribution in [2.75, 3.05) is 4.90 Å². The van der Waals surface area contributed by atoms with Crippen LogP contribution in [-0.2, 0) is 10.8 Å². The minimum absolute atomic E-state index is 0.0209. The molecule has 2 nitrogen and oxygen atoms in total. The van der Waals surface area contributed by atoms with Crippen molar-refractivity contribution in [3.05, 3.63) is 169 Å². The molecule has 1 aliphatic carbocycles. The quantitative estimate of drug-likeness (QED) is 0.178. The summed E-state index contributed by atoms with van der Waals surface area (Å²) in [5, 5.41) is 7.61. The van der Waals surface area contributed by atoms with Crippen molar-refractivity contribution in [2.24, 2.45) is 0 Å². The summed E-state index contributed by atoms with van der Waals surface area (Å²) in [4.78, 5) is 2.46. The fraction of sp³-hybridized carbons (Fsp3) is 0.154. The van der Waals surface area contributed by atoms with Crippen LogP contribution in [0.25, 0.3) is 71.3 Å². The molecule has 0 N–H and O–H groups in total. The van der Waals surface area contributed by atoms with E-state index in [4.69, 9.17) is 0 Å². The highest BCUT2D eigenvalue weighted by molar-refractivity contribution is 6.13. The number of hydrogen-bond donors (Lipinski definition) is 0. The SMILES string of the molecule is CC(C)(C)c1cccc(N(c2ccc3cc4c(cc3c2)-c2cc3ccc(-n5c6ccccc6c6ccccc65)cc3cc2-4)c2ccccc2C(C)(C)C)c1. The van der Waals surface area contributed by atoms with Crippen LogP contribution in [0.15, 0.2) is 158 Å². The second kappa shape index (κ2) is 11.7. The van der Waals surface area contributed by atoms with Crippen molar-refractivity contribution < 1.29 is 0 Å². The van der Waals surface area contributed by atoms with Gasteiger partial charge in [-0.15, -0.1) is 0 Å². The summed E-state index contributed by atoms with van der Waals surface area (Å²) in [5.41, 5.74) is 15.2. The summed E-state index contributed by atoms with van der Waals surface area (Å²) in [7, 11) is 0. The monoisotopic (exact) mass is 696 g/mol. The van der Waals surface area contributed by atoms with E-state index in [-0.39, 0.29) is 10.8 Å². The van der Waals surface area contributed by atoms with E-state index < -0.39 is 0 Å². The van der Waals surface area contributed by atoms with Gasteiger partial charge in [-0.3, -0.25) is 0 Å². The molecule has 1 aliphatic rings. The maximum atomic E-state index is 2.46. The fourth-order valence-corrected chi connectivity index (χ4v) is 8.72. The van der Waals surface area contributed by atoms with Gasteiger partial charge in [-0.25, -0.2) is 0 Å². The van der Waals surface area contributed by atoms with Crippen molar-refractivity contribution in [1.82, 2.24) is 4.57 Å². The summed E-state index contributed by atoms with van der Waals surface area (Å²) >= 11 is 0. The van der Waals surface area contributed by atoms with E-state index in [0.29, 0.717) is 0 Å². The number of fused-ring (bicyclic) bond motifs is 9. The predicted octanol–water partition coefficient (Wildman–Crippen LogP) is 14.8. The third kappa shape index (κ3) is 5.08. The van der Waals surface area contributed by atoms with Gasteiger partial charge in [-0.2, -0.15) is 0 Å². The Bertz CT molecular complexity index is 2910. The van der Waals surface area contributed by atoms with E-state index >= 15 is 0 Å². The van der Waals surface area contributed by atoms with Gasteiger partial charge >= 0.3 is 0 Å². The lowest BCUT2D eigenvalue weighted by Gasteiger charge is -2.33. The highest BCUT2D eigenvalue weighted by Gasteiger charge is 2.27. The molecule has 1 heterocycles. The maximum absolute atomic E-state index is 2.46. The van der Waals surface area contributed by atoms with Crippen LogP contribution in [-0.4, -0.2) is 4.57 Å². The normalized spacial score (nSPS) is 12.6. The minimum atomic E-state index is -0.0209. The number of aromatic nitrogens is 1. The van der Waals surface area contributed by atoms with Crippen LogP contribution in [0.3, 0.4) is 0 Å². The minimum Gasteiger partial charge on any atom is -0.310 e. The zero-order chi connectivity index (χ0) is 36.9. The predicted molar refractivity (Wildman–Crippen MR) is 232 cm³/mol. The van der Waals surface area contributed by atoms with Gasteiger partial charge in [0.25, 0.3) is 0 Å². The topological polar surface area (TPSA) is 8.17 Å². The maximum Gasteiger partial charge on any atom is 0.0541 e. The van der Waals surface area contributed by atoms with Gasteiger partial charge in [-0.05, 0) is 145 Å². The molecule has 0 amide bonds. The number of para-hydroxylation sites is 3. The summed E-state index contributed by atoms with van der Waals surface area (Å²) in [6, 6.07) is 59.0. The van der Waals surface area contributed by atoms with E-state index in [1.165, 1.54) is 99.5 Å². The van der Waals surface area contributed by atoms with Gasteiger partial charge in [-0.1, -0.05) is 120 Å². The van der Waals surface area contributed by atoms with Gasteiger partial charge < -0.3 is 9.47 Å². The molecule has 0 bridgehead atoms. The van der Waals surface area contributed by atoms with Crippen molar-refractivity contribution >= 4 is 60.4 Å². The van der Waals surface area contributed by atoms with Crippen LogP contribution in [0.2, 0.25) is 0 Å². The molecule has 0 atom stereocenters. The molecule has 0 saturated carbocycles. The Morgan fingerprint density at radius 2 is 0.944 bits per heavy atom. The van der Waals surface area contributed by atoms with Gasteiger partial charge in [0.1, 0.15) is 0 Å². The highest BCUT2D eigenvalue weighted by atomic mass is 15.1. The second-order valence-corrected chi connectivity index (χ2v) is 17.1. The first kappa shape index (κ1) is 32.5. The number of rotatable bonds is 4. The molecule has 2 heteroatoms. The third-order valence-corrected chi connectivity index (χ3v) is 11.5. The molecule has 9 aromatic rings. The molecule has 1 aromatic heterocycles. The summed E-state index contributed by atoms with van der Waals surface area (Å²) in [6.45, 7) is 13.8. The molecule has 262 valence electrons. The van der Waals surface area contributed by atoms with Crippen LogP contribution in [0.1, 0.15) is 52.7 Å². The number of hydrogen-bond acceptors (Lipinski definition) is 1. The standard InChI is InChI=1S/C52H44N2/c1-51(2,3)37-14-13-15-38(32-37)53(50-21-12-9-18-47(50)52(4,5)6)39-24-22-33-28-43-45(30-35(33)26-39)44-29-34-23-25-40(27-36(34)31-46(43)44)54-48-19-10-7-16-41(48)42-17-8-11-20-49(42)54/h7-32H,1-6H3. The molecular weight excluding hydrogens is 653 g/mol. The Morgan fingerprint density at radius 1 is 0.407 bits per heavy atom. The Kier molecular flexibility index (Phi) is 7.04. The van der Waals surface area contributed by atoms with Crippen LogP contribution in [0.5, 0.6) is 0 Å². The van der Waals surface area contributed by atoms with Crippen LogP contribution >= 0.6 is 0 Å². The first-order valence-electron chi connectivity index (χ1n) is 19.2. The molecule has 0 fully saturated rings. The van der Waals surface area contributed by atoms with Crippen molar-refractivity contribution in [3.63, 3.8) is 0 Å². The Balaban J connectivity index is 1.08. The van der Waals surface area contributed by atoms with E-state index in [9.17, 15) is 0 Å². The largest absolute Gasteiger partial charge is 0.310 e. The lowest BCUT2D eigenvalue weighted by atomic mass is 9.78. The highest BCUT2D eigenvalue weighted by Crippen LogP contribution is 2.51. The van der Waals surface area contributed by atoms with E-state index in [1.54, 1.807) is 0 Å². The van der Waals surface area contributed by atoms with Gasteiger partial charge in [0, 0.05) is 33.5 Å². The molecular formula is C52H44N2. The molecule has 10 rings (SSSR count). The van der Waals surface area contributed by atoms with Gasteiger partial charge in [0.2, 0.25) is 0 Å². The summed E-state index contributed by atoms with van der Waals surface area (Å²) in [5.74, 6) is 0. The molecule has 0 unspecified atom stereocenters. The van der Waals surface area contributed by atoms with E-state index in [2.05, 4.69) is 209 Å². The smallest absolute Gasteiger partial charge is 0.0541 e. The second-order valence-electron chi connectivity index (χ2n) is 17.1. The fourth-order valence-electron chi connectivity index (χ4n) is 8.72. The summed E-state index contributed by atoms with van der Waals surface area (Å²) in [6.07, 6.45) is 0. The zero-order valence-electron chi connectivity index (χ0n) is 31.9. The van der Waals surface area contributed by atoms with Crippen molar-refractivity contribution in [1.29, 1.82) is 0 Å². The van der Waals surface area contributed by atoms with Crippen molar-refractivity contribution in [3.8, 4) is 27.9 Å². The molecule has 0 saturated heterocycles. The first-order chi connectivity index (χ1) is 26.0. The molecule has 0 aliphatic heterocycles. The number of anilines is 3. The Labute approximate surface area is 317 Å². The first-order valence-corrected chi connectivity index (χ1v) is 19.2. The summed E-state index contributed by atoms with van der Waals surface area (Å²) < 4.78 is 2.41. The third-order valence-electron chi connectivity index (χ3n) is 11.5. The van der Waals surface area contributed by atoms with Crippen molar-refractivity contribution in [2.45, 2.75) is 52.4 Å².